The number of rotatable bonds is 5. The Balaban J connectivity index is 1.84. The van der Waals surface area contributed by atoms with Crippen LogP contribution >= 0.6 is 0 Å². The molecule has 0 unspecified atom stereocenters. The fourth-order valence-electron chi connectivity index (χ4n) is 3.40. The molecule has 3 aromatic rings. The summed E-state index contributed by atoms with van der Waals surface area (Å²) < 4.78 is 9.43. The summed E-state index contributed by atoms with van der Waals surface area (Å²) in [5.41, 5.74) is 10.3. The third-order valence-corrected chi connectivity index (χ3v) is 4.76. The Morgan fingerprint density at radius 1 is 1.24 bits per heavy atom. The summed E-state index contributed by atoms with van der Waals surface area (Å²) in [7, 11) is 3.52. The maximum absolute atomic E-state index is 6.56. The molecule has 2 heterocycles. The largest absolute Gasteiger partial charge is 0.481 e. The molecule has 1 aliphatic carbocycles. The van der Waals surface area contributed by atoms with E-state index in [1.54, 1.807) is 11.8 Å². The van der Waals surface area contributed by atoms with Gasteiger partial charge in [-0.2, -0.15) is 5.10 Å². The van der Waals surface area contributed by atoms with Gasteiger partial charge in [0.05, 0.1) is 24.9 Å². The third-order valence-electron chi connectivity index (χ3n) is 4.76. The molecular formula is C19H23N5O. The molecular weight excluding hydrogens is 314 g/mol. The summed E-state index contributed by atoms with van der Waals surface area (Å²) in [6.45, 7) is 2.69. The number of nitrogens with zero attached hydrogens (tertiary/aromatic N) is 4. The highest BCUT2D eigenvalue weighted by molar-refractivity contribution is 5.77. The Kier molecular flexibility index (Phi) is 3.75. The lowest BCUT2D eigenvalue weighted by Gasteiger charge is -2.10. The summed E-state index contributed by atoms with van der Waals surface area (Å²) in [6, 6.07) is 10.4. The minimum absolute atomic E-state index is 0.503. The molecule has 0 saturated heterocycles. The average Bonchev–Trinajstić information content (AvgIpc) is 3.34. The molecule has 0 atom stereocenters. The number of nitrogen functional groups attached to an aromatic ring is 1. The Morgan fingerprint density at radius 2 is 1.96 bits per heavy atom. The van der Waals surface area contributed by atoms with Gasteiger partial charge in [0.2, 0.25) is 5.88 Å². The molecule has 1 aromatic carbocycles. The van der Waals surface area contributed by atoms with E-state index in [2.05, 4.69) is 33.9 Å². The second-order valence-corrected chi connectivity index (χ2v) is 6.64. The molecule has 0 aliphatic heterocycles. The number of hydrogen-bond donors (Lipinski definition) is 1. The zero-order valence-electron chi connectivity index (χ0n) is 14.9. The number of imidazole rings is 1. The number of anilines is 1. The van der Waals surface area contributed by atoms with Crippen LogP contribution in [-0.2, 0) is 13.6 Å². The van der Waals surface area contributed by atoms with Crippen LogP contribution in [0.25, 0.3) is 11.3 Å². The highest BCUT2D eigenvalue weighted by Crippen LogP contribution is 2.44. The fraction of sp³-hybridized carbons (Fsp3) is 0.368. The van der Waals surface area contributed by atoms with Crippen molar-refractivity contribution in [3.63, 3.8) is 0 Å². The molecule has 1 aliphatic rings. The van der Waals surface area contributed by atoms with E-state index >= 15 is 0 Å². The highest BCUT2D eigenvalue weighted by atomic mass is 16.5. The van der Waals surface area contributed by atoms with Gasteiger partial charge in [-0.05, 0) is 25.3 Å². The van der Waals surface area contributed by atoms with Gasteiger partial charge in [-0.1, -0.05) is 30.3 Å². The van der Waals surface area contributed by atoms with Crippen molar-refractivity contribution in [3.8, 4) is 17.1 Å². The number of hydrogen-bond acceptors (Lipinski definition) is 4. The summed E-state index contributed by atoms with van der Waals surface area (Å²) in [4.78, 5) is 4.93. The van der Waals surface area contributed by atoms with E-state index in [4.69, 9.17) is 15.5 Å². The maximum atomic E-state index is 6.56. The van der Waals surface area contributed by atoms with Gasteiger partial charge in [0.25, 0.3) is 0 Å². The van der Waals surface area contributed by atoms with Crippen molar-refractivity contribution in [3.05, 3.63) is 47.4 Å². The minimum Gasteiger partial charge on any atom is -0.481 e. The van der Waals surface area contributed by atoms with Crippen molar-refractivity contribution in [1.29, 1.82) is 0 Å². The SMILES string of the molecule is COc1c(-c2nc(C3CC3)n(Cc3ccccc3)c2N)c(C)nn1C. The van der Waals surface area contributed by atoms with Crippen LogP contribution in [0.5, 0.6) is 5.88 Å². The van der Waals surface area contributed by atoms with Crippen molar-refractivity contribution >= 4 is 5.82 Å². The predicted molar refractivity (Wildman–Crippen MR) is 97.6 cm³/mol. The quantitative estimate of drug-likeness (QED) is 0.776. The van der Waals surface area contributed by atoms with Crippen LogP contribution in [0.1, 0.15) is 35.8 Å². The fourth-order valence-corrected chi connectivity index (χ4v) is 3.40. The van der Waals surface area contributed by atoms with E-state index in [0.717, 1.165) is 29.3 Å². The Labute approximate surface area is 147 Å². The Hall–Kier alpha value is -2.76. The number of benzene rings is 1. The summed E-state index contributed by atoms with van der Waals surface area (Å²) in [5.74, 6) is 2.94. The molecule has 0 spiro atoms. The lowest BCUT2D eigenvalue weighted by atomic mass is 10.2. The van der Waals surface area contributed by atoms with E-state index in [1.165, 1.54) is 18.4 Å². The van der Waals surface area contributed by atoms with Gasteiger partial charge in [0, 0.05) is 13.0 Å². The molecule has 25 heavy (non-hydrogen) atoms. The predicted octanol–water partition coefficient (Wildman–Crippen LogP) is 3.11. The van der Waals surface area contributed by atoms with Crippen LogP contribution in [0.15, 0.2) is 30.3 Å². The van der Waals surface area contributed by atoms with E-state index in [1.807, 2.05) is 20.0 Å². The minimum atomic E-state index is 0.503. The van der Waals surface area contributed by atoms with Crippen LogP contribution in [-0.4, -0.2) is 26.4 Å². The van der Waals surface area contributed by atoms with E-state index in [9.17, 15) is 0 Å². The Bertz CT molecular complexity index is 906. The van der Waals surface area contributed by atoms with Gasteiger partial charge in [-0.25, -0.2) is 9.67 Å². The zero-order chi connectivity index (χ0) is 17.6. The van der Waals surface area contributed by atoms with Crippen molar-refractivity contribution in [2.45, 2.75) is 32.2 Å². The maximum Gasteiger partial charge on any atom is 0.221 e. The zero-order valence-corrected chi connectivity index (χ0v) is 14.9. The van der Waals surface area contributed by atoms with Gasteiger partial charge in [-0.3, -0.25) is 0 Å². The topological polar surface area (TPSA) is 70.9 Å². The summed E-state index contributed by atoms with van der Waals surface area (Å²) in [5, 5.41) is 4.47. The lowest BCUT2D eigenvalue weighted by molar-refractivity contribution is 0.374. The molecule has 4 rings (SSSR count). The van der Waals surface area contributed by atoms with Crippen LogP contribution in [0.2, 0.25) is 0 Å². The first kappa shape index (κ1) is 15.7. The monoisotopic (exact) mass is 337 g/mol. The number of ether oxygens (including phenoxy) is 1. The first-order valence-corrected chi connectivity index (χ1v) is 8.58. The van der Waals surface area contributed by atoms with Crippen LogP contribution in [0.4, 0.5) is 5.82 Å². The standard InChI is InChI=1S/C19H23N5O/c1-12-15(19(25-3)23(2)22-12)16-17(20)24(18(21-16)14-9-10-14)11-13-7-5-4-6-8-13/h4-8,14H,9-11,20H2,1-3H3. The van der Waals surface area contributed by atoms with Gasteiger partial charge in [0.15, 0.2) is 0 Å². The van der Waals surface area contributed by atoms with Crippen molar-refractivity contribution < 1.29 is 4.74 Å². The molecule has 2 N–H and O–H groups in total. The molecule has 0 amide bonds. The molecule has 2 aromatic heterocycles. The van der Waals surface area contributed by atoms with Crippen LogP contribution in [0.3, 0.4) is 0 Å². The highest BCUT2D eigenvalue weighted by Gasteiger charge is 2.32. The van der Waals surface area contributed by atoms with E-state index in [-0.39, 0.29) is 0 Å². The molecule has 0 bridgehead atoms. The number of nitrogens with two attached hydrogens (primary N) is 1. The van der Waals surface area contributed by atoms with Gasteiger partial charge < -0.3 is 15.0 Å². The van der Waals surface area contributed by atoms with Crippen LogP contribution in [0, 0.1) is 6.92 Å². The first-order chi connectivity index (χ1) is 12.1. The van der Waals surface area contributed by atoms with Crippen molar-refractivity contribution in [2.24, 2.45) is 7.05 Å². The molecule has 1 fully saturated rings. The van der Waals surface area contributed by atoms with Gasteiger partial charge in [0.1, 0.15) is 17.3 Å². The first-order valence-electron chi connectivity index (χ1n) is 8.58. The smallest absolute Gasteiger partial charge is 0.221 e. The lowest BCUT2D eigenvalue weighted by Crippen LogP contribution is -2.08. The summed E-state index contributed by atoms with van der Waals surface area (Å²) >= 11 is 0. The van der Waals surface area contributed by atoms with E-state index in [0.29, 0.717) is 17.6 Å². The van der Waals surface area contributed by atoms with Crippen LogP contribution < -0.4 is 10.5 Å². The van der Waals surface area contributed by atoms with Gasteiger partial charge >= 0.3 is 0 Å². The number of methoxy groups -OCH3 is 1. The molecule has 130 valence electrons. The summed E-state index contributed by atoms with van der Waals surface area (Å²) in [6.07, 6.45) is 2.35. The normalized spacial score (nSPS) is 14.0. The Morgan fingerprint density at radius 3 is 2.60 bits per heavy atom. The average molecular weight is 337 g/mol. The second-order valence-electron chi connectivity index (χ2n) is 6.64. The van der Waals surface area contributed by atoms with Gasteiger partial charge in [-0.15, -0.1) is 0 Å². The third kappa shape index (κ3) is 2.67. The molecule has 6 nitrogen and oxygen atoms in total. The second kappa shape index (κ2) is 5.95. The number of aromatic nitrogens is 4. The molecule has 0 radical (unpaired) electrons. The van der Waals surface area contributed by atoms with E-state index < -0.39 is 0 Å². The van der Waals surface area contributed by atoms with Crippen molar-refractivity contribution in [2.75, 3.05) is 12.8 Å². The molecule has 6 heteroatoms. The number of aryl methyl sites for hydroxylation is 2. The molecule has 1 saturated carbocycles. The van der Waals surface area contributed by atoms with Crippen molar-refractivity contribution in [1.82, 2.24) is 19.3 Å².